The van der Waals surface area contributed by atoms with Crippen LogP contribution in [0.5, 0.6) is 11.5 Å². The molecule has 0 bridgehead atoms. The van der Waals surface area contributed by atoms with Gasteiger partial charge in [-0.15, -0.1) is 0 Å². The van der Waals surface area contributed by atoms with E-state index in [2.05, 4.69) is 12.4 Å². The first-order valence-electron chi connectivity index (χ1n) is 15.4. The minimum atomic E-state index is -4.01. The van der Waals surface area contributed by atoms with E-state index in [4.69, 9.17) is 14.3 Å². The van der Waals surface area contributed by atoms with Crippen molar-refractivity contribution in [2.75, 3.05) is 25.4 Å². The number of carbonyl (C=O) groups excluding carboxylic acids is 2. The molecule has 2 saturated heterocycles. The molecular formula is C34H40N2O8S. The van der Waals surface area contributed by atoms with Crippen LogP contribution in [-0.2, 0) is 40.2 Å². The summed E-state index contributed by atoms with van der Waals surface area (Å²) >= 11 is 0. The highest BCUT2D eigenvalue weighted by molar-refractivity contribution is 7.92. The van der Waals surface area contributed by atoms with Gasteiger partial charge in [0.05, 0.1) is 12.2 Å². The molecule has 0 aromatic heterocycles. The molecule has 0 radical (unpaired) electrons. The number of hydrogen-bond donors (Lipinski definition) is 2. The second kappa shape index (κ2) is 14.6. The SMILES string of the molecule is CCc1ccc(Oc2ccc(C3(CC(=O)NOC4CCCCO4)CCN(C(=O)[C@@H](O)c4ccccc4)CCS3(=O)=O)cc2)cc1. The highest BCUT2D eigenvalue weighted by Gasteiger charge is 2.49. The molecule has 2 aliphatic heterocycles. The third kappa shape index (κ3) is 7.73. The Morgan fingerprint density at radius 3 is 2.33 bits per heavy atom. The fourth-order valence-corrected chi connectivity index (χ4v) is 7.89. The number of hydroxylamine groups is 1. The third-order valence-electron chi connectivity index (χ3n) is 8.51. The Morgan fingerprint density at radius 2 is 1.69 bits per heavy atom. The lowest BCUT2D eigenvalue weighted by Gasteiger charge is -2.32. The van der Waals surface area contributed by atoms with E-state index in [1.807, 2.05) is 24.3 Å². The van der Waals surface area contributed by atoms with Gasteiger partial charge >= 0.3 is 0 Å². The maximum atomic E-state index is 14.1. The van der Waals surface area contributed by atoms with Crippen molar-refractivity contribution in [3.63, 3.8) is 0 Å². The fraction of sp³-hybridized carbons (Fsp3) is 0.412. The van der Waals surface area contributed by atoms with Crippen LogP contribution in [0.25, 0.3) is 0 Å². The molecule has 2 fully saturated rings. The van der Waals surface area contributed by atoms with Gasteiger partial charge in [-0.2, -0.15) is 0 Å². The van der Waals surface area contributed by atoms with Crippen LogP contribution >= 0.6 is 0 Å². The zero-order valence-corrected chi connectivity index (χ0v) is 26.2. The second-order valence-corrected chi connectivity index (χ2v) is 13.9. The number of sulfone groups is 1. The van der Waals surface area contributed by atoms with Crippen LogP contribution in [0.3, 0.4) is 0 Å². The van der Waals surface area contributed by atoms with Crippen LogP contribution in [0.1, 0.15) is 61.8 Å². The Morgan fingerprint density at radius 1 is 1.00 bits per heavy atom. The van der Waals surface area contributed by atoms with E-state index < -0.39 is 45.2 Å². The normalized spacial score (nSPS) is 22.2. The number of rotatable bonds is 10. The van der Waals surface area contributed by atoms with E-state index in [1.54, 1.807) is 54.6 Å². The van der Waals surface area contributed by atoms with Crippen molar-refractivity contribution >= 4 is 21.7 Å². The van der Waals surface area contributed by atoms with E-state index in [9.17, 15) is 23.1 Å². The Labute approximate surface area is 264 Å². The molecule has 0 spiro atoms. The first kappa shape index (κ1) is 32.6. The molecule has 0 saturated carbocycles. The third-order valence-corrected chi connectivity index (χ3v) is 11.0. The number of amides is 2. The van der Waals surface area contributed by atoms with Crippen molar-refractivity contribution in [3.8, 4) is 11.5 Å². The Kier molecular flexibility index (Phi) is 10.5. The summed E-state index contributed by atoms with van der Waals surface area (Å²) in [6, 6.07) is 22.9. The van der Waals surface area contributed by atoms with Crippen LogP contribution in [-0.4, -0.2) is 62.0 Å². The zero-order chi connectivity index (χ0) is 31.9. The molecule has 2 unspecified atom stereocenters. The van der Waals surface area contributed by atoms with Crippen molar-refractivity contribution in [2.45, 2.75) is 62.6 Å². The van der Waals surface area contributed by atoms with Crippen molar-refractivity contribution in [1.82, 2.24) is 10.4 Å². The monoisotopic (exact) mass is 636 g/mol. The predicted molar refractivity (Wildman–Crippen MR) is 168 cm³/mol. The molecule has 10 nitrogen and oxygen atoms in total. The predicted octanol–water partition coefficient (Wildman–Crippen LogP) is 4.58. The summed E-state index contributed by atoms with van der Waals surface area (Å²) in [5.74, 6) is -0.443. The highest BCUT2D eigenvalue weighted by Crippen LogP contribution is 2.41. The van der Waals surface area contributed by atoms with Crippen molar-refractivity contribution in [1.29, 1.82) is 0 Å². The molecule has 3 aromatic rings. The molecule has 2 N–H and O–H groups in total. The van der Waals surface area contributed by atoms with E-state index in [-0.39, 0.29) is 25.3 Å². The number of aliphatic hydroxyl groups excluding tert-OH is 1. The number of aliphatic hydroxyl groups is 1. The van der Waals surface area contributed by atoms with Crippen molar-refractivity contribution < 1.29 is 37.4 Å². The average Bonchev–Trinajstić information content (AvgIpc) is 3.20. The van der Waals surface area contributed by atoms with Crippen LogP contribution in [0.2, 0.25) is 0 Å². The van der Waals surface area contributed by atoms with Crippen molar-refractivity contribution in [3.05, 3.63) is 95.6 Å². The largest absolute Gasteiger partial charge is 0.457 e. The number of benzene rings is 3. The van der Waals surface area contributed by atoms with Gasteiger partial charge < -0.3 is 19.5 Å². The number of nitrogens with zero attached hydrogens (tertiary/aromatic N) is 1. The number of hydrogen-bond acceptors (Lipinski definition) is 8. The number of nitrogens with one attached hydrogen (secondary N) is 1. The van der Waals surface area contributed by atoms with Gasteiger partial charge in [-0.25, -0.2) is 18.7 Å². The molecular weight excluding hydrogens is 596 g/mol. The van der Waals surface area contributed by atoms with Crippen molar-refractivity contribution in [2.24, 2.45) is 0 Å². The maximum absolute atomic E-state index is 14.1. The minimum Gasteiger partial charge on any atom is -0.457 e. The van der Waals surface area contributed by atoms with Gasteiger partial charge in [0.1, 0.15) is 16.2 Å². The molecule has 2 heterocycles. The first-order chi connectivity index (χ1) is 21.7. The van der Waals surface area contributed by atoms with Gasteiger partial charge in [0.25, 0.3) is 5.91 Å². The van der Waals surface area contributed by atoms with Gasteiger partial charge in [0.2, 0.25) is 5.91 Å². The van der Waals surface area contributed by atoms with Crippen LogP contribution in [0, 0.1) is 0 Å². The topological polar surface area (TPSA) is 131 Å². The summed E-state index contributed by atoms with van der Waals surface area (Å²) in [6.45, 7) is 2.50. The van der Waals surface area contributed by atoms with Gasteiger partial charge in [0, 0.05) is 26.1 Å². The highest BCUT2D eigenvalue weighted by atomic mass is 32.2. The van der Waals surface area contributed by atoms with E-state index >= 15 is 0 Å². The van der Waals surface area contributed by atoms with Crippen LogP contribution in [0.4, 0.5) is 0 Å². The molecule has 45 heavy (non-hydrogen) atoms. The van der Waals surface area contributed by atoms with E-state index in [0.717, 1.165) is 19.3 Å². The van der Waals surface area contributed by atoms with Gasteiger partial charge in [0.15, 0.2) is 22.2 Å². The lowest BCUT2D eigenvalue weighted by Crippen LogP contribution is -2.43. The smallest absolute Gasteiger partial charge is 0.256 e. The van der Waals surface area contributed by atoms with Crippen LogP contribution < -0.4 is 10.2 Å². The van der Waals surface area contributed by atoms with Gasteiger partial charge in [-0.05, 0) is 66.6 Å². The average molecular weight is 637 g/mol. The summed E-state index contributed by atoms with van der Waals surface area (Å²) in [4.78, 5) is 33.5. The summed E-state index contributed by atoms with van der Waals surface area (Å²) < 4.78 is 38.1. The van der Waals surface area contributed by atoms with Gasteiger partial charge in [-0.3, -0.25) is 9.59 Å². The molecule has 5 rings (SSSR count). The molecule has 2 amide bonds. The van der Waals surface area contributed by atoms with Gasteiger partial charge in [-0.1, -0.05) is 61.5 Å². The quantitative estimate of drug-likeness (QED) is 0.309. The molecule has 3 atom stereocenters. The summed E-state index contributed by atoms with van der Waals surface area (Å²) in [6.07, 6.45) is 0.816. The Hall–Kier alpha value is -3.77. The number of carbonyl (C=O) groups is 2. The molecule has 3 aromatic carbocycles. The lowest BCUT2D eigenvalue weighted by atomic mass is 9.90. The minimum absolute atomic E-state index is 0.0177. The molecule has 11 heteroatoms. The maximum Gasteiger partial charge on any atom is 0.256 e. The number of ether oxygens (including phenoxy) is 2. The summed E-state index contributed by atoms with van der Waals surface area (Å²) in [5, 5.41) is 10.8. The standard InChI is InChI=1S/C34H40N2O8S/c1-2-25-11-15-28(16-12-25)43-29-17-13-27(14-18-29)34(24-30(37)35-44-31-10-6-7-22-42-31)19-20-36(21-23-45(34,40)41)33(39)32(38)26-8-4-3-5-9-26/h3-5,8-9,11-18,31-32,38H,2,6-7,10,19-24H2,1H3,(H,35,37)/t31?,32-,34?/m0/s1. The fourth-order valence-electron chi connectivity index (χ4n) is 5.79. The lowest BCUT2D eigenvalue weighted by molar-refractivity contribution is -0.200. The summed E-state index contributed by atoms with van der Waals surface area (Å²) in [7, 11) is -4.01. The van der Waals surface area contributed by atoms with Crippen LogP contribution in [0.15, 0.2) is 78.9 Å². The zero-order valence-electron chi connectivity index (χ0n) is 25.4. The number of aryl methyl sites for hydroxylation is 1. The molecule has 0 aliphatic carbocycles. The first-order valence-corrected chi connectivity index (χ1v) is 17.0. The molecule has 2 aliphatic rings. The Bertz CT molecular complexity index is 1540. The Balaban J connectivity index is 1.40. The molecule has 240 valence electrons. The second-order valence-electron chi connectivity index (χ2n) is 11.4. The summed E-state index contributed by atoms with van der Waals surface area (Å²) in [5.41, 5.74) is 4.41. The van der Waals surface area contributed by atoms with E-state index in [0.29, 0.717) is 35.7 Å². The van der Waals surface area contributed by atoms with E-state index in [1.165, 1.54) is 10.5 Å².